The van der Waals surface area contributed by atoms with E-state index in [-0.39, 0.29) is 5.56 Å². The number of rotatable bonds is 1. The molecule has 0 heterocycles. The average molecular weight is 187 g/mol. The molecule has 0 aliphatic heterocycles. The van der Waals surface area contributed by atoms with E-state index in [2.05, 4.69) is 0 Å². The van der Waals surface area contributed by atoms with Gasteiger partial charge in [0.1, 0.15) is 17.4 Å². The van der Waals surface area contributed by atoms with Gasteiger partial charge in [-0.25, -0.2) is 8.78 Å². The van der Waals surface area contributed by atoms with E-state index in [1.165, 1.54) is 13.8 Å². The molecule has 0 radical (unpaired) electrons. The third-order valence-electron chi connectivity index (χ3n) is 1.68. The largest absolute Gasteiger partial charge is 0.507 e. The molecule has 0 aromatic heterocycles. The molecule has 3 N–H and O–H groups in total. The smallest absolute Gasteiger partial charge is 0.134 e. The molecule has 0 atom stereocenters. The summed E-state index contributed by atoms with van der Waals surface area (Å²) in [4.78, 5) is 0. The van der Waals surface area contributed by atoms with Crippen LogP contribution in [0.4, 0.5) is 8.78 Å². The van der Waals surface area contributed by atoms with E-state index in [1.807, 2.05) is 0 Å². The molecule has 0 spiro atoms. The lowest BCUT2D eigenvalue weighted by Crippen LogP contribution is -2.30. The van der Waals surface area contributed by atoms with Crippen LogP contribution in [-0.4, -0.2) is 5.11 Å². The standard InChI is InChI=1S/C9H11F2NO/c1-9(2,12)8-6(11)3-5(10)4-7(8)13/h3-4,13H,12H2,1-2H3. The maximum absolute atomic E-state index is 13.1. The Kier molecular flexibility index (Phi) is 2.26. The molecule has 1 aromatic carbocycles. The van der Waals surface area contributed by atoms with Gasteiger partial charge in [-0.3, -0.25) is 0 Å². The van der Waals surface area contributed by atoms with Gasteiger partial charge in [0.05, 0.1) is 0 Å². The van der Waals surface area contributed by atoms with Crippen LogP contribution >= 0.6 is 0 Å². The first-order valence-corrected chi connectivity index (χ1v) is 3.79. The highest BCUT2D eigenvalue weighted by Crippen LogP contribution is 2.30. The third kappa shape index (κ3) is 1.95. The number of aromatic hydroxyl groups is 1. The van der Waals surface area contributed by atoms with E-state index in [1.54, 1.807) is 0 Å². The second kappa shape index (κ2) is 2.96. The number of hydrogen-bond donors (Lipinski definition) is 2. The van der Waals surface area contributed by atoms with Crippen LogP contribution in [-0.2, 0) is 5.54 Å². The maximum atomic E-state index is 13.1. The van der Waals surface area contributed by atoms with E-state index in [0.29, 0.717) is 6.07 Å². The summed E-state index contributed by atoms with van der Waals surface area (Å²) in [6.45, 7) is 3.06. The summed E-state index contributed by atoms with van der Waals surface area (Å²) in [6.07, 6.45) is 0. The molecule has 0 amide bonds. The molecular weight excluding hydrogens is 176 g/mol. The molecule has 0 aliphatic rings. The van der Waals surface area contributed by atoms with Crippen LogP contribution in [0.3, 0.4) is 0 Å². The quantitative estimate of drug-likeness (QED) is 0.704. The number of hydrogen-bond acceptors (Lipinski definition) is 2. The average Bonchev–Trinajstić information content (AvgIpc) is 1.78. The van der Waals surface area contributed by atoms with Gasteiger partial charge in [0.25, 0.3) is 0 Å². The van der Waals surface area contributed by atoms with Gasteiger partial charge in [0.15, 0.2) is 0 Å². The minimum absolute atomic E-state index is 0.0751. The van der Waals surface area contributed by atoms with E-state index in [4.69, 9.17) is 5.73 Å². The number of phenols is 1. The number of nitrogens with two attached hydrogens (primary N) is 1. The van der Waals surface area contributed by atoms with Gasteiger partial charge in [-0.05, 0) is 13.8 Å². The first-order chi connectivity index (χ1) is 5.82. The second-order valence-corrected chi connectivity index (χ2v) is 3.50. The molecule has 2 nitrogen and oxygen atoms in total. The fourth-order valence-electron chi connectivity index (χ4n) is 1.20. The van der Waals surface area contributed by atoms with Gasteiger partial charge >= 0.3 is 0 Å². The minimum Gasteiger partial charge on any atom is -0.507 e. The molecule has 0 bridgehead atoms. The minimum atomic E-state index is -1.03. The molecule has 13 heavy (non-hydrogen) atoms. The highest BCUT2D eigenvalue weighted by atomic mass is 19.1. The van der Waals surface area contributed by atoms with Crippen LogP contribution in [0.15, 0.2) is 12.1 Å². The lowest BCUT2D eigenvalue weighted by molar-refractivity contribution is 0.414. The fraction of sp³-hybridized carbons (Fsp3) is 0.333. The van der Waals surface area contributed by atoms with Gasteiger partial charge in [-0.15, -0.1) is 0 Å². The topological polar surface area (TPSA) is 46.2 Å². The molecule has 72 valence electrons. The summed E-state index contributed by atoms with van der Waals surface area (Å²) in [6, 6.07) is 1.54. The summed E-state index contributed by atoms with van der Waals surface area (Å²) in [7, 11) is 0. The normalized spacial score (nSPS) is 11.8. The second-order valence-electron chi connectivity index (χ2n) is 3.50. The molecular formula is C9H11F2NO. The van der Waals surface area contributed by atoms with Crippen LogP contribution in [0, 0.1) is 11.6 Å². The van der Waals surface area contributed by atoms with Gasteiger partial charge < -0.3 is 10.8 Å². The van der Waals surface area contributed by atoms with E-state index >= 15 is 0 Å². The van der Waals surface area contributed by atoms with Crippen LogP contribution < -0.4 is 5.73 Å². The predicted octanol–water partition coefficient (Wildman–Crippen LogP) is 1.86. The van der Waals surface area contributed by atoms with Crippen LogP contribution in [0.5, 0.6) is 5.75 Å². The third-order valence-corrected chi connectivity index (χ3v) is 1.68. The summed E-state index contributed by atoms with van der Waals surface area (Å²) >= 11 is 0. The number of phenolic OH excluding ortho intramolecular Hbond substituents is 1. The monoisotopic (exact) mass is 187 g/mol. The van der Waals surface area contributed by atoms with Crippen molar-refractivity contribution in [1.82, 2.24) is 0 Å². The van der Waals surface area contributed by atoms with Crippen molar-refractivity contribution in [3.05, 3.63) is 29.3 Å². The SMILES string of the molecule is CC(C)(N)c1c(O)cc(F)cc1F. The number of halogens is 2. The van der Waals surface area contributed by atoms with Gasteiger partial charge in [0.2, 0.25) is 0 Å². The summed E-state index contributed by atoms with van der Waals surface area (Å²) in [5.74, 6) is -2.10. The van der Waals surface area contributed by atoms with Gasteiger partial charge in [0, 0.05) is 23.2 Å². The van der Waals surface area contributed by atoms with Crippen LogP contribution in [0.25, 0.3) is 0 Å². The van der Waals surface area contributed by atoms with Gasteiger partial charge in [-0.2, -0.15) is 0 Å². The van der Waals surface area contributed by atoms with Crippen molar-refractivity contribution in [2.75, 3.05) is 0 Å². The van der Waals surface area contributed by atoms with Crippen molar-refractivity contribution >= 4 is 0 Å². The van der Waals surface area contributed by atoms with Crippen LogP contribution in [0.2, 0.25) is 0 Å². The van der Waals surface area contributed by atoms with E-state index in [9.17, 15) is 13.9 Å². The summed E-state index contributed by atoms with van der Waals surface area (Å²) in [5.41, 5.74) is 4.49. The Morgan fingerprint density at radius 2 is 1.85 bits per heavy atom. The number of benzene rings is 1. The van der Waals surface area contributed by atoms with E-state index in [0.717, 1.165) is 6.07 Å². The highest BCUT2D eigenvalue weighted by molar-refractivity contribution is 5.38. The Morgan fingerprint density at radius 1 is 1.31 bits per heavy atom. The Hall–Kier alpha value is -1.16. The maximum Gasteiger partial charge on any atom is 0.134 e. The van der Waals surface area contributed by atoms with Crippen LogP contribution in [0.1, 0.15) is 19.4 Å². The van der Waals surface area contributed by atoms with Crippen molar-refractivity contribution < 1.29 is 13.9 Å². The summed E-state index contributed by atoms with van der Waals surface area (Å²) in [5, 5.41) is 9.25. The Morgan fingerprint density at radius 3 is 2.23 bits per heavy atom. The van der Waals surface area contributed by atoms with Crippen molar-refractivity contribution in [3.8, 4) is 5.75 Å². The first kappa shape index (κ1) is 9.92. The summed E-state index contributed by atoms with van der Waals surface area (Å²) < 4.78 is 25.7. The van der Waals surface area contributed by atoms with Crippen molar-refractivity contribution in [2.45, 2.75) is 19.4 Å². The van der Waals surface area contributed by atoms with E-state index < -0.39 is 22.9 Å². The van der Waals surface area contributed by atoms with Crippen molar-refractivity contribution in [2.24, 2.45) is 5.73 Å². The predicted molar refractivity (Wildman–Crippen MR) is 45.2 cm³/mol. The molecule has 1 rings (SSSR count). The first-order valence-electron chi connectivity index (χ1n) is 3.79. The van der Waals surface area contributed by atoms with Gasteiger partial charge in [-0.1, -0.05) is 0 Å². The zero-order valence-corrected chi connectivity index (χ0v) is 7.44. The Labute approximate surface area is 75.0 Å². The zero-order valence-electron chi connectivity index (χ0n) is 7.44. The highest BCUT2D eigenvalue weighted by Gasteiger charge is 2.23. The molecule has 0 aliphatic carbocycles. The lowest BCUT2D eigenvalue weighted by Gasteiger charge is -2.20. The fourth-order valence-corrected chi connectivity index (χ4v) is 1.20. The zero-order chi connectivity index (χ0) is 10.2. The molecule has 0 saturated heterocycles. The van der Waals surface area contributed by atoms with Crippen molar-refractivity contribution in [1.29, 1.82) is 0 Å². The Bertz CT molecular complexity index is 308. The molecule has 4 heteroatoms. The molecule has 0 fully saturated rings. The molecule has 1 aromatic rings. The van der Waals surface area contributed by atoms with Crippen molar-refractivity contribution in [3.63, 3.8) is 0 Å². The molecule has 0 unspecified atom stereocenters. The molecule has 0 saturated carbocycles. The lowest BCUT2D eigenvalue weighted by atomic mass is 9.94. The Balaban J connectivity index is 3.38.